The van der Waals surface area contributed by atoms with E-state index in [9.17, 15) is 0 Å². The van der Waals surface area contributed by atoms with E-state index in [1.165, 1.54) is 22.1 Å². The molecule has 21 heavy (non-hydrogen) atoms. The Morgan fingerprint density at radius 1 is 1.05 bits per heavy atom. The normalized spacial score (nSPS) is 27.7. The maximum Gasteiger partial charge on any atom is 0.0452 e. The number of rotatable bonds is 3. The minimum atomic E-state index is 0.420. The summed E-state index contributed by atoms with van der Waals surface area (Å²) in [6, 6.07) is 15.8. The highest BCUT2D eigenvalue weighted by Crippen LogP contribution is 2.42. The Kier molecular flexibility index (Phi) is 4.82. The first kappa shape index (κ1) is 15.3. The third kappa shape index (κ3) is 3.10. The van der Waals surface area contributed by atoms with Gasteiger partial charge in [-0.1, -0.05) is 56.3 Å². The van der Waals surface area contributed by atoms with Gasteiger partial charge >= 0.3 is 0 Å². The molecule has 0 radical (unpaired) electrons. The molecular weight excluding hydrogens is 294 g/mol. The van der Waals surface area contributed by atoms with Gasteiger partial charge in [0.1, 0.15) is 0 Å². The Balaban J connectivity index is 1.95. The Bertz CT molecular complexity index is 608. The summed E-state index contributed by atoms with van der Waals surface area (Å²) in [5.74, 6) is 1.23. The van der Waals surface area contributed by atoms with Crippen molar-refractivity contribution in [3.05, 3.63) is 48.0 Å². The molecule has 3 rings (SSSR count). The predicted octanol–water partition coefficient (Wildman–Crippen LogP) is 4.73. The summed E-state index contributed by atoms with van der Waals surface area (Å²) in [5, 5.41) is 8.42. The van der Waals surface area contributed by atoms with Crippen molar-refractivity contribution in [1.29, 1.82) is 0 Å². The molecule has 1 heterocycles. The predicted molar refractivity (Wildman–Crippen MR) is 98.5 cm³/mol. The maximum atomic E-state index is 3.58. The standard InChI is InChI=1S/C18H23NS2/c1-12-13(2)21-17(11-20-12)18(19-3)16-10-6-8-14-7-4-5-9-15(14)16/h4-10,12-13,17-19H,11H2,1-3H3. The molecule has 2 aromatic carbocycles. The van der Waals surface area contributed by atoms with Gasteiger partial charge in [0.15, 0.2) is 0 Å². The SMILES string of the molecule is CNC(c1cccc2ccccc12)C1CSC(C)C(C)S1. The largest absolute Gasteiger partial charge is 0.312 e. The van der Waals surface area contributed by atoms with Gasteiger partial charge in [0.2, 0.25) is 0 Å². The maximum absolute atomic E-state index is 3.58. The first-order valence-corrected chi connectivity index (χ1v) is 9.62. The zero-order valence-corrected chi connectivity index (χ0v) is 14.5. The highest BCUT2D eigenvalue weighted by atomic mass is 32.2. The van der Waals surface area contributed by atoms with Crippen LogP contribution in [0.1, 0.15) is 25.5 Å². The fraction of sp³-hybridized carbons (Fsp3) is 0.444. The number of hydrogen-bond acceptors (Lipinski definition) is 3. The highest BCUT2D eigenvalue weighted by molar-refractivity contribution is 8.07. The number of fused-ring (bicyclic) bond motifs is 1. The van der Waals surface area contributed by atoms with E-state index in [4.69, 9.17) is 0 Å². The van der Waals surface area contributed by atoms with E-state index in [-0.39, 0.29) is 0 Å². The average molecular weight is 318 g/mol. The van der Waals surface area contributed by atoms with Gasteiger partial charge in [0.25, 0.3) is 0 Å². The van der Waals surface area contributed by atoms with Crippen LogP contribution in [0.2, 0.25) is 0 Å². The Morgan fingerprint density at radius 2 is 1.81 bits per heavy atom. The smallest absolute Gasteiger partial charge is 0.0452 e. The summed E-state index contributed by atoms with van der Waals surface area (Å²) in [5.41, 5.74) is 1.44. The van der Waals surface area contributed by atoms with E-state index in [0.29, 0.717) is 11.3 Å². The molecule has 0 aromatic heterocycles. The van der Waals surface area contributed by atoms with Crippen LogP contribution in [0.3, 0.4) is 0 Å². The summed E-state index contributed by atoms with van der Waals surface area (Å²) >= 11 is 4.26. The van der Waals surface area contributed by atoms with E-state index in [0.717, 1.165) is 10.5 Å². The first-order chi connectivity index (χ1) is 10.2. The molecule has 0 saturated carbocycles. The third-order valence-electron chi connectivity index (χ3n) is 4.42. The zero-order chi connectivity index (χ0) is 14.8. The van der Waals surface area contributed by atoms with Crippen LogP contribution >= 0.6 is 23.5 Å². The van der Waals surface area contributed by atoms with E-state index in [2.05, 4.69) is 92.2 Å². The van der Waals surface area contributed by atoms with Crippen molar-refractivity contribution in [3.8, 4) is 0 Å². The molecule has 3 heteroatoms. The Morgan fingerprint density at radius 3 is 2.57 bits per heavy atom. The van der Waals surface area contributed by atoms with Crippen LogP contribution in [0, 0.1) is 0 Å². The monoisotopic (exact) mass is 317 g/mol. The van der Waals surface area contributed by atoms with Crippen molar-refractivity contribution in [2.24, 2.45) is 0 Å². The van der Waals surface area contributed by atoms with Crippen molar-refractivity contribution in [1.82, 2.24) is 5.32 Å². The zero-order valence-electron chi connectivity index (χ0n) is 12.9. The molecule has 1 aliphatic heterocycles. The number of thioether (sulfide) groups is 2. The second-order valence-electron chi connectivity index (χ2n) is 5.75. The van der Waals surface area contributed by atoms with Gasteiger partial charge in [-0.05, 0) is 23.4 Å². The molecule has 1 saturated heterocycles. The topological polar surface area (TPSA) is 12.0 Å². The fourth-order valence-corrected chi connectivity index (χ4v) is 6.19. The lowest BCUT2D eigenvalue weighted by molar-refractivity contribution is 0.592. The molecule has 4 unspecified atom stereocenters. The molecule has 4 atom stereocenters. The van der Waals surface area contributed by atoms with Crippen molar-refractivity contribution < 1.29 is 0 Å². The quantitative estimate of drug-likeness (QED) is 0.879. The van der Waals surface area contributed by atoms with E-state index >= 15 is 0 Å². The van der Waals surface area contributed by atoms with Gasteiger partial charge in [-0.2, -0.15) is 23.5 Å². The summed E-state index contributed by atoms with van der Waals surface area (Å²) in [7, 11) is 2.10. The van der Waals surface area contributed by atoms with Crippen molar-refractivity contribution in [2.75, 3.05) is 12.8 Å². The lowest BCUT2D eigenvalue weighted by atomic mass is 9.97. The molecular formula is C18H23NS2. The average Bonchev–Trinajstić information content (AvgIpc) is 2.52. The molecule has 0 aliphatic carbocycles. The van der Waals surface area contributed by atoms with Crippen LogP contribution in [0.15, 0.2) is 42.5 Å². The molecule has 1 N–H and O–H groups in total. The molecule has 112 valence electrons. The summed E-state index contributed by atoms with van der Waals surface area (Å²) < 4.78 is 0. The second-order valence-corrected chi connectivity index (χ2v) is 8.78. The fourth-order valence-electron chi connectivity index (χ4n) is 3.05. The van der Waals surface area contributed by atoms with Crippen molar-refractivity contribution in [2.45, 2.75) is 35.6 Å². The third-order valence-corrected chi connectivity index (χ3v) is 7.91. The molecule has 1 aliphatic rings. The molecule has 2 aromatic rings. The molecule has 0 spiro atoms. The van der Waals surface area contributed by atoms with Gasteiger partial charge in [-0.3, -0.25) is 0 Å². The molecule has 1 nitrogen and oxygen atoms in total. The van der Waals surface area contributed by atoms with Gasteiger partial charge < -0.3 is 5.32 Å². The number of hydrogen-bond donors (Lipinski definition) is 1. The molecule has 1 fully saturated rings. The van der Waals surface area contributed by atoms with Crippen LogP contribution in [-0.2, 0) is 0 Å². The molecule has 0 amide bonds. The lowest BCUT2D eigenvalue weighted by Gasteiger charge is -2.36. The molecule has 0 bridgehead atoms. The van der Waals surface area contributed by atoms with Gasteiger partial charge in [-0.25, -0.2) is 0 Å². The Hall–Kier alpha value is -0.640. The van der Waals surface area contributed by atoms with Crippen LogP contribution in [0.4, 0.5) is 0 Å². The van der Waals surface area contributed by atoms with Gasteiger partial charge in [0, 0.05) is 27.5 Å². The second kappa shape index (κ2) is 6.64. The highest BCUT2D eigenvalue weighted by Gasteiger charge is 2.31. The van der Waals surface area contributed by atoms with Crippen molar-refractivity contribution >= 4 is 34.3 Å². The number of nitrogens with one attached hydrogen (secondary N) is 1. The van der Waals surface area contributed by atoms with Crippen molar-refractivity contribution in [3.63, 3.8) is 0 Å². The summed E-state index contributed by atoms with van der Waals surface area (Å²) in [4.78, 5) is 0. The summed E-state index contributed by atoms with van der Waals surface area (Å²) in [6.07, 6.45) is 0. The van der Waals surface area contributed by atoms with E-state index in [1.54, 1.807) is 0 Å². The minimum Gasteiger partial charge on any atom is -0.312 e. The minimum absolute atomic E-state index is 0.420. The van der Waals surface area contributed by atoms with Crippen LogP contribution in [0.5, 0.6) is 0 Å². The number of benzene rings is 2. The van der Waals surface area contributed by atoms with Gasteiger partial charge in [0.05, 0.1) is 0 Å². The Labute approximate surface area is 136 Å². The van der Waals surface area contributed by atoms with E-state index < -0.39 is 0 Å². The van der Waals surface area contributed by atoms with E-state index in [1.807, 2.05) is 0 Å². The van der Waals surface area contributed by atoms with Crippen LogP contribution in [0.25, 0.3) is 10.8 Å². The summed E-state index contributed by atoms with van der Waals surface area (Å²) in [6.45, 7) is 4.72. The van der Waals surface area contributed by atoms with Gasteiger partial charge in [-0.15, -0.1) is 0 Å². The van der Waals surface area contributed by atoms with Crippen LogP contribution in [-0.4, -0.2) is 28.6 Å². The van der Waals surface area contributed by atoms with Crippen LogP contribution < -0.4 is 5.32 Å². The first-order valence-electron chi connectivity index (χ1n) is 7.62. The lowest BCUT2D eigenvalue weighted by Crippen LogP contribution is -2.35.